The largest absolute Gasteiger partial charge is 0.491 e. The molecular weight excluding hydrogens is 272 g/mol. The van der Waals surface area contributed by atoms with Crippen LogP contribution in [0.3, 0.4) is 0 Å². The lowest BCUT2D eigenvalue weighted by molar-refractivity contribution is 0.0579. The summed E-state index contributed by atoms with van der Waals surface area (Å²) in [4.78, 5) is 4.64. The number of fused-ring (bicyclic) bond motifs is 1. The van der Waals surface area contributed by atoms with Crippen molar-refractivity contribution in [2.45, 2.75) is 51.9 Å². The van der Waals surface area contributed by atoms with Gasteiger partial charge in [-0.3, -0.25) is 4.98 Å². The molecule has 4 heteroatoms. The van der Waals surface area contributed by atoms with E-state index >= 15 is 0 Å². The molecule has 2 unspecified atom stereocenters. The fraction of sp³-hybridized carbons (Fsp3) is 0.706. The number of aryl methyl sites for hydroxylation is 1. The van der Waals surface area contributed by atoms with E-state index in [0.717, 1.165) is 23.6 Å². The van der Waals surface area contributed by atoms with Crippen molar-refractivity contribution < 1.29 is 13.5 Å². The second-order valence-corrected chi connectivity index (χ2v) is 6.73. The van der Waals surface area contributed by atoms with Gasteiger partial charge in [0.2, 0.25) is 0 Å². The summed E-state index contributed by atoms with van der Waals surface area (Å²) in [5.74, 6) is -1.65. The molecule has 2 atom stereocenters. The third kappa shape index (κ3) is 2.65. The molecule has 2 aliphatic rings. The van der Waals surface area contributed by atoms with Gasteiger partial charge in [0.25, 0.3) is 5.92 Å². The van der Waals surface area contributed by atoms with Crippen molar-refractivity contribution in [3.63, 3.8) is 0 Å². The molecule has 3 rings (SSSR count). The van der Waals surface area contributed by atoms with Crippen LogP contribution in [-0.2, 0) is 6.42 Å². The van der Waals surface area contributed by atoms with Crippen LogP contribution in [0.5, 0.6) is 5.75 Å². The molecule has 0 radical (unpaired) electrons. The number of nitrogens with zero attached hydrogens (tertiary/aromatic N) is 1. The molecule has 1 aromatic rings. The highest BCUT2D eigenvalue weighted by Gasteiger charge is 2.71. The Bertz CT molecular complexity index is 516. The Morgan fingerprint density at radius 2 is 1.95 bits per heavy atom. The minimum atomic E-state index is -2.38. The summed E-state index contributed by atoms with van der Waals surface area (Å²) in [6, 6.07) is 3.98. The first-order valence-electron chi connectivity index (χ1n) is 7.93. The highest BCUT2D eigenvalue weighted by Crippen LogP contribution is 2.65. The first kappa shape index (κ1) is 14.7. The lowest BCUT2D eigenvalue weighted by atomic mass is 10.0. The van der Waals surface area contributed by atoms with Crippen LogP contribution in [0.4, 0.5) is 8.78 Å². The fourth-order valence-corrected chi connectivity index (χ4v) is 3.47. The summed E-state index contributed by atoms with van der Waals surface area (Å²) >= 11 is 0. The van der Waals surface area contributed by atoms with Gasteiger partial charge in [0.15, 0.2) is 0 Å². The van der Waals surface area contributed by atoms with Crippen molar-refractivity contribution in [1.82, 2.24) is 4.98 Å². The minimum absolute atomic E-state index is 0.272. The molecular formula is C17H23F2NO. The number of halogens is 2. The van der Waals surface area contributed by atoms with Crippen molar-refractivity contribution >= 4 is 0 Å². The van der Waals surface area contributed by atoms with E-state index in [1.807, 2.05) is 12.1 Å². The molecule has 0 bridgehead atoms. The van der Waals surface area contributed by atoms with Crippen LogP contribution < -0.4 is 4.74 Å². The first-order chi connectivity index (χ1) is 9.93. The van der Waals surface area contributed by atoms with Gasteiger partial charge in [0.1, 0.15) is 5.75 Å². The predicted molar refractivity (Wildman–Crippen MR) is 77.9 cm³/mol. The van der Waals surface area contributed by atoms with Crippen molar-refractivity contribution in [2.75, 3.05) is 6.61 Å². The van der Waals surface area contributed by atoms with Gasteiger partial charge in [0, 0.05) is 17.5 Å². The maximum atomic E-state index is 13.2. The van der Waals surface area contributed by atoms with Crippen molar-refractivity contribution in [1.29, 1.82) is 0 Å². The number of pyridine rings is 1. The van der Waals surface area contributed by atoms with E-state index in [9.17, 15) is 8.78 Å². The normalized spacial score (nSPS) is 29.5. The summed E-state index contributed by atoms with van der Waals surface area (Å²) in [5.41, 5.74) is 2.04. The van der Waals surface area contributed by atoms with Crippen molar-refractivity contribution in [3.8, 4) is 5.75 Å². The zero-order valence-electron chi connectivity index (χ0n) is 12.9. The van der Waals surface area contributed by atoms with E-state index in [4.69, 9.17) is 4.74 Å². The van der Waals surface area contributed by atoms with Gasteiger partial charge >= 0.3 is 0 Å². The molecule has 1 heterocycles. The van der Waals surface area contributed by atoms with Crippen molar-refractivity contribution in [2.24, 2.45) is 17.8 Å². The van der Waals surface area contributed by atoms with E-state index in [-0.39, 0.29) is 17.8 Å². The minimum Gasteiger partial charge on any atom is -0.491 e. The Kier molecular flexibility index (Phi) is 3.66. The van der Waals surface area contributed by atoms with Crippen LogP contribution in [0.25, 0.3) is 0 Å². The van der Waals surface area contributed by atoms with Gasteiger partial charge < -0.3 is 4.74 Å². The monoisotopic (exact) mass is 295 g/mol. The highest BCUT2D eigenvalue weighted by atomic mass is 19.3. The summed E-state index contributed by atoms with van der Waals surface area (Å²) in [5, 5.41) is 0. The molecule has 2 aliphatic carbocycles. The van der Waals surface area contributed by atoms with Gasteiger partial charge in [-0.15, -0.1) is 0 Å². The highest BCUT2D eigenvalue weighted by molar-refractivity contribution is 5.30. The zero-order chi connectivity index (χ0) is 15.2. The van der Waals surface area contributed by atoms with Crippen LogP contribution in [0.2, 0.25) is 0 Å². The molecule has 0 N–H and O–H groups in total. The number of hydrogen-bond acceptors (Lipinski definition) is 2. The fourth-order valence-electron chi connectivity index (χ4n) is 3.47. The summed E-state index contributed by atoms with van der Waals surface area (Å²) in [6.07, 6.45) is 2.04. The van der Waals surface area contributed by atoms with Crippen molar-refractivity contribution in [3.05, 3.63) is 23.5 Å². The first-order valence-corrected chi connectivity index (χ1v) is 7.93. The topological polar surface area (TPSA) is 22.1 Å². The third-order valence-electron chi connectivity index (χ3n) is 4.89. The molecule has 2 nitrogen and oxygen atoms in total. The van der Waals surface area contributed by atoms with Crippen LogP contribution in [0, 0.1) is 17.8 Å². The number of rotatable bonds is 5. The van der Waals surface area contributed by atoms with E-state index in [0.29, 0.717) is 25.4 Å². The van der Waals surface area contributed by atoms with Gasteiger partial charge in [-0.05, 0) is 43.2 Å². The molecule has 21 heavy (non-hydrogen) atoms. The predicted octanol–water partition coefficient (Wildman–Crippen LogP) is 4.44. The molecule has 0 aliphatic heterocycles. The Morgan fingerprint density at radius 3 is 2.52 bits per heavy atom. The van der Waals surface area contributed by atoms with Crippen LogP contribution in [0.1, 0.15) is 50.9 Å². The van der Waals surface area contributed by atoms with E-state index in [1.165, 1.54) is 0 Å². The summed E-state index contributed by atoms with van der Waals surface area (Å²) in [7, 11) is 0. The second kappa shape index (κ2) is 5.22. The molecule has 116 valence electrons. The van der Waals surface area contributed by atoms with Crippen LogP contribution >= 0.6 is 0 Å². The van der Waals surface area contributed by atoms with Gasteiger partial charge in [-0.25, -0.2) is 8.78 Å². The molecule has 2 saturated carbocycles. The molecule has 0 saturated heterocycles. The Morgan fingerprint density at radius 1 is 1.29 bits per heavy atom. The lowest BCUT2D eigenvalue weighted by Gasteiger charge is -2.17. The Balaban J connectivity index is 1.59. The smallest absolute Gasteiger partial charge is 0.254 e. The number of aromatic nitrogens is 1. The van der Waals surface area contributed by atoms with Crippen LogP contribution in [0.15, 0.2) is 12.1 Å². The summed E-state index contributed by atoms with van der Waals surface area (Å²) in [6.45, 7) is 6.84. The number of ether oxygens (including phenoxy) is 1. The second-order valence-electron chi connectivity index (χ2n) is 6.73. The molecule has 0 aromatic carbocycles. The Hall–Kier alpha value is -1.19. The average Bonchev–Trinajstić information content (AvgIpc) is 2.81. The quantitative estimate of drug-likeness (QED) is 0.801. The van der Waals surface area contributed by atoms with Crippen LogP contribution in [-0.4, -0.2) is 17.5 Å². The van der Waals surface area contributed by atoms with Gasteiger partial charge in [0.05, 0.1) is 12.3 Å². The molecule has 1 aromatic heterocycles. The summed E-state index contributed by atoms with van der Waals surface area (Å²) < 4.78 is 32.2. The van der Waals surface area contributed by atoms with E-state index < -0.39 is 5.92 Å². The SMILES string of the molecule is CCc1nc(C(C)C)ccc1OCC1CC2C(C1)C2(F)F. The standard InChI is InChI=1S/C17H23F2NO/c1-4-14-16(6-5-15(20-14)10(2)3)21-9-11-7-12-13(8-11)17(12,18)19/h5-6,10-13H,4,7-9H2,1-3H3. The average molecular weight is 295 g/mol. The Labute approximate surface area is 124 Å². The van der Waals surface area contributed by atoms with Gasteiger partial charge in [-0.2, -0.15) is 0 Å². The molecule has 0 spiro atoms. The maximum absolute atomic E-state index is 13.2. The molecule has 2 fully saturated rings. The van der Waals surface area contributed by atoms with E-state index in [2.05, 4.69) is 25.8 Å². The third-order valence-corrected chi connectivity index (χ3v) is 4.89. The van der Waals surface area contributed by atoms with E-state index in [1.54, 1.807) is 0 Å². The lowest BCUT2D eigenvalue weighted by Crippen LogP contribution is -2.16. The molecule has 0 amide bonds. The zero-order valence-corrected chi connectivity index (χ0v) is 12.9. The van der Waals surface area contributed by atoms with Gasteiger partial charge in [-0.1, -0.05) is 20.8 Å². The number of alkyl halides is 2. The maximum Gasteiger partial charge on any atom is 0.254 e. The number of hydrogen-bond donors (Lipinski definition) is 0.